The second kappa shape index (κ2) is 7.14. The molecule has 0 radical (unpaired) electrons. The van der Waals surface area contributed by atoms with Gasteiger partial charge in [0.05, 0.1) is 18.3 Å². The maximum Gasteiger partial charge on any atom is 0.416 e. The summed E-state index contributed by atoms with van der Waals surface area (Å²) in [7, 11) is 1.89. The predicted octanol–water partition coefficient (Wildman–Crippen LogP) is 4.09. The van der Waals surface area contributed by atoms with Crippen molar-refractivity contribution in [1.29, 1.82) is 0 Å². The number of hydrogen-bond acceptors (Lipinski definition) is 4. The Balaban J connectivity index is 1.38. The number of halogens is 3. The van der Waals surface area contributed by atoms with Crippen molar-refractivity contribution in [3.05, 3.63) is 41.5 Å². The van der Waals surface area contributed by atoms with E-state index in [9.17, 15) is 13.2 Å². The van der Waals surface area contributed by atoms with Gasteiger partial charge in [0.2, 0.25) is 0 Å². The fourth-order valence-corrected chi connectivity index (χ4v) is 3.84. The van der Waals surface area contributed by atoms with E-state index in [0.29, 0.717) is 23.8 Å². The first-order chi connectivity index (χ1) is 12.9. The van der Waals surface area contributed by atoms with E-state index in [2.05, 4.69) is 10.2 Å². The van der Waals surface area contributed by atoms with E-state index in [0.717, 1.165) is 50.2 Å². The van der Waals surface area contributed by atoms with Crippen LogP contribution >= 0.6 is 0 Å². The van der Waals surface area contributed by atoms with E-state index < -0.39 is 11.7 Å². The molecule has 1 aromatic heterocycles. The van der Waals surface area contributed by atoms with Crippen LogP contribution in [-0.4, -0.2) is 27.5 Å². The molecule has 146 valence electrons. The molecular weight excluding hydrogens is 359 g/mol. The zero-order valence-corrected chi connectivity index (χ0v) is 15.1. The van der Waals surface area contributed by atoms with E-state index in [-0.39, 0.29) is 12.4 Å². The van der Waals surface area contributed by atoms with Crippen LogP contribution in [-0.2, 0) is 24.6 Å². The Morgan fingerprint density at radius 1 is 1.19 bits per heavy atom. The lowest BCUT2D eigenvalue weighted by atomic mass is 9.80. The van der Waals surface area contributed by atoms with Crippen molar-refractivity contribution in [3.63, 3.8) is 0 Å². The molecule has 4 rings (SSSR count). The lowest BCUT2D eigenvalue weighted by Gasteiger charge is -2.26. The lowest BCUT2D eigenvalue weighted by Crippen LogP contribution is -2.20. The number of ether oxygens (including phenoxy) is 2. The molecular formula is C19H22F3N3O2. The van der Waals surface area contributed by atoms with Gasteiger partial charge in [0, 0.05) is 13.0 Å². The largest absolute Gasteiger partial charge is 0.486 e. The fraction of sp³-hybridized carbons (Fsp3) is 0.579. The van der Waals surface area contributed by atoms with E-state index in [4.69, 9.17) is 9.47 Å². The van der Waals surface area contributed by atoms with Crippen LogP contribution in [0.5, 0.6) is 5.75 Å². The molecule has 1 saturated heterocycles. The summed E-state index contributed by atoms with van der Waals surface area (Å²) in [4.78, 5) is 0. The lowest BCUT2D eigenvalue weighted by molar-refractivity contribution is -0.137. The zero-order chi connectivity index (χ0) is 19.0. The molecule has 0 N–H and O–H groups in total. The Morgan fingerprint density at radius 2 is 1.93 bits per heavy atom. The number of epoxide rings is 1. The predicted molar refractivity (Wildman–Crippen MR) is 91.2 cm³/mol. The van der Waals surface area contributed by atoms with E-state index in [1.54, 1.807) is 0 Å². The first-order valence-electron chi connectivity index (χ1n) is 9.21. The van der Waals surface area contributed by atoms with Gasteiger partial charge in [0.15, 0.2) is 5.82 Å². The molecule has 1 atom stereocenters. The van der Waals surface area contributed by atoms with Gasteiger partial charge in [0.25, 0.3) is 0 Å². The molecule has 1 aromatic carbocycles. The normalized spacial score (nSPS) is 25.4. The van der Waals surface area contributed by atoms with Crippen molar-refractivity contribution in [3.8, 4) is 5.75 Å². The van der Waals surface area contributed by atoms with Crippen molar-refractivity contribution < 1.29 is 22.6 Å². The summed E-state index contributed by atoms with van der Waals surface area (Å²) in [5, 5.41) is 8.50. The van der Waals surface area contributed by atoms with Crippen molar-refractivity contribution in [1.82, 2.24) is 14.8 Å². The van der Waals surface area contributed by atoms with Crippen LogP contribution in [0.15, 0.2) is 24.3 Å². The molecule has 2 aromatic rings. The SMILES string of the molecule is Cn1c(COc2cccc(C(F)(F)F)c2)nnc1C1CCC(C2CO2)CC1. The first kappa shape index (κ1) is 18.3. The Morgan fingerprint density at radius 3 is 2.59 bits per heavy atom. The highest BCUT2D eigenvalue weighted by atomic mass is 19.4. The standard InChI is InChI=1S/C19H22F3N3O2/c1-25-17(11-26-15-4-2-3-14(9-15)19(20,21)22)23-24-18(25)13-7-5-12(6-8-13)16-10-27-16/h2-4,9,12-13,16H,5-8,10-11H2,1H3. The Bertz CT molecular complexity index is 794. The van der Waals surface area contributed by atoms with Gasteiger partial charge in [-0.1, -0.05) is 6.07 Å². The zero-order valence-electron chi connectivity index (χ0n) is 15.1. The molecule has 8 heteroatoms. The third-order valence-electron chi connectivity index (χ3n) is 5.55. The molecule has 2 fully saturated rings. The molecule has 0 spiro atoms. The van der Waals surface area contributed by atoms with Gasteiger partial charge in [-0.25, -0.2) is 0 Å². The Kier molecular flexibility index (Phi) is 4.84. The monoisotopic (exact) mass is 381 g/mol. The van der Waals surface area contributed by atoms with E-state index in [1.165, 1.54) is 12.1 Å². The smallest absolute Gasteiger partial charge is 0.416 e. The van der Waals surface area contributed by atoms with E-state index in [1.807, 2.05) is 11.6 Å². The summed E-state index contributed by atoms with van der Waals surface area (Å²) >= 11 is 0. The number of rotatable bonds is 5. The molecule has 2 aliphatic rings. The number of hydrogen-bond donors (Lipinski definition) is 0. The number of benzene rings is 1. The Hall–Kier alpha value is -2.09. The van der Waals surface area contributed by atoms with Crippen LogP contribution in [0.1, 0.15) is 48.8 Å². The van der Waals surface area contributed by atoms with Gasteiger partial charge in [0.1, 0.15) is 18.2 Å². The summed E-state index contributed by atoms with van der Waals surface area (Å²) < 4.78 is 51.2. The molecule has 2 heterocycles. The van der Waals surface area contributed by atoms with Gasteiger partial charge in [-0.05, 0) is 49.8 Å². The maximum absolute atomic E-state index is 12.8. The Labute approximate surface area is 155 Å². The first-order valence-corrected chi connectivity index (χ1v) is 9.21. The van der Waals surface area contributed by atoms with Crippen LogP contribution in [0.4, 0.5) is 13.2 Å². The second-order valence-electron chi connectivity index (χ2n) is 7.33. The molecule has 1 aliphatic carbocycles. The average Bonchev–Trinajstić information content (AvgIpc) is 3.44. The average molecular weight is 381 g/mol. The van der Waals surface area contributed by atoms with Gasteiger partial charge >= 0.3 is 6.18 Å². The molecule has 27 heavy (non-hydrogen) atoms. The highest BCUT2D eigenvalue weighted by molar-refractivity contribution is 5.30. The van der Waals surface area contributed by atoms with Crippen LogP contribution in [0, 0.1) is 5.92 Å². The quantitative estimate of drug-likeness (QED) is 0.732. The van der Waals surface area contributed by atoms with Crippen molar-refractivity contribution in [2.24, 2.45) is 13.0 Å². The highest BCUT2D eigenvalue weighted by Crippen LogP contribution is 2.40. The van der Waals surface area contributed by atoms with Gasteiger partial charge < -0.3 is 14.0 Å². The van der Waals surface area contributed by atoms with Crippen LogP contribution in [0.3, 0.4) is 0 Å². The minimum atomic E-state index is -4.39. The molecule has 5 nitrogen and oxygen atoms in total. The van der Waals surface area contributed by atoms with Crippen molar-refractivity contribution >= 4 is 0 Å². The molecule has 0 bridgehead atoms. The summed E-state index contributed by atoms with van der Waals surface area (Å²) in [6, 6.07) is 4.87. The van der Waals surface area contributed by atoms with Crippen molar-refractivity contribution in [2.75, 3.05) is 6.61 Å². The summed E-state index contributed by atoms with van der Waals surface area (Å²) in [5.41, 5.74) is -0.727. The fourth-order valence-electron chi connectivity index (χ4n) is 3.84. The number of nitrogens with zero attached hydrogens (tertiary/aromatic N) is 3. The summed E-state index contributed by atoms with van der Waals surface area (Å²) in [6.07, 6.45) is 0.468. The second-order valence-corrected chi connectivity index (χ2v) is 7.33. The summed E-state index contributed by atoms with van der Waals surface area (Å²) in [6.45, 7) is 0.979. The number of aromatic nitrogens is 3. The van der Waals surface area contributed by atoms with Gasteiger partial charge in [-0.2, -0.15) is 13.2 Å². The van der Waals surface area contributed by atoms with E-state index >= 15 is 0 Å². The van der Waals surface area contributed by atoms with Crippen LogP contribution in [0.2, 0.25) is 0 Å². The van der Waals surface area contributed by atoms with Crippen LogP contribution in [0.25, 0.3) is 0 Å². The molecule has 1 aliphatic heterocycles. The minimum absolute atomic E-state index is 0.0794. The van der Waals surface area contributed by atoms with Gasteiger partial charge in [-0.3, -0.25) is 0 Å². The van der Waals surface area contributed by atoms with Crippen molar-refractivity contribution in [2.45, 2.75) is 50.5 Å². The topological polar surface area (TPSA) is 52.5 Å². The highest BCUT2D eigenvalue weighted by Gasteiger charge is 2.36. The third kappa shape index (κ3) is 4.10. The number of alkyl halides is 3. The summed E-state index contributed by atoms with van der Waals surface area (Å²) in [5.74, 6) is 2.72. The minimum Gasteiger partial charge on any atom is -0.486 e. The van der Waals surface area contributed by atoms with Gasteiger partial charge in [-0.15, -0.1) is 10.2 Å². The third-order valence-corrected chi connectivity index (χ3v) is 5.55. The molecule has 1 saturated carbocycles. The molecule has 0 amide bonds. The maximum atomic E-state index is 12.8. The molecule has 1 unspecified atom stereocenters. The van der Waals surface area contributed by atoms with Crippen LogP contribution < -0.4 is 4.74 Å².